The summed E-state index contributed by atoms with van der Waals surface area (Å²) in [6.07, 6.45) is -0.417. The number of carbonyl (C=O) groups is 1. The Bertz CT molecular complexity index is 407. The molecule has 0 aliphatic carbocycles. The van der Waals surface area contributed by atoms with E-state index in [4.69, 9.17) is 9.47 Å². The van der Waals surface area contributed by atoms with Crippen LogP contribution in [-0.2, 0) is 9.47 Å². The second kappa shape index (κ2) is 5.50. The number of amides is 1. The predicted octanol–water partition coefficient (Wildman–Crippen LogP) is 1.91. The van der Waals surface area contributed by atoms with Gasteiger partial charge in [-0.25, -0.2) is 0 Å². The average molecular weight is 249 g/mol. The molecule has 1 aromatic rings. The van der Waals surface area contributed by atoms with E-state index in [0.29, 0.717) is 12.1 Å². The van der Waals surface area contributed by atoms with Crippen molar-refractivity contribution in [3.05, 3.63) is 35.9 Å². The first-order valence-corrected chi connectivity index (χ1v) is 6.17. The minimum absolute atomic E-state index is 0.00977. The van der Waals surface area contributed by atoms with Crippen molar-refractivity contribution >= 4 is 5.91 Å². The van der Waals surface area contributed by atoms with Crippen molar-refractivity contribution in [3.8, 4) is 0 Å². The maximum atomic E-state index is 12.5. The van der Waals surface area contributed by atoms with E-state index in [1.54, 1.807) is 12.0 Å². The van der Waals surface area contributed by atoms with Gasteiger partial charge in [0.15, 0.2) is 6.23 Å². The molecule has 0 N–H and O–H groups in total. The molecule has 4 nitrogen and oxygen atoms in total. The van der Waals surface area contributed by atoms with Crippen molar-refractivity contribution in [2.24, 2.45) is 0 Å². The number of morpholine rings is 1. The molecular formula is C14H19NO3. The van der Waals surface area contributed by atoms with Gasteiger partial charge >= 0.3 is 0 Å². The van der Waals surface area contributed by atoms with Gasteiger partial charge in [0, 0.05) is 19.2 Å². The van der Waals surface area contributed by atoms with Crippen LogP contribution in [0.25, 0.3) is 0 Å². The third-order valence-corrected chi connectivity index (χ3v) is 3.13. The zero-order valence-electron chi connectivity index (χ0n) is 11.0. The first-order chi connectivity index (χ1) is 8.63. The Hall–Kier alpha value is -1.39. The standard InChI is InChI=1S/C14H19NO3/c1-10-9-15(14(17-3)11(2)18-10)13(16)12-7-5-4-6-8-12/h4-8,10-11,14H,9H2,1-3H3. The van der Waals surface area contributed by atoms with E-state index in [-0.39, 0.29) is 24.3 Å². The molecule has 0 bridgehead atoms. The van der Waals surface area contributed by atoms with Crippen LogP contribution in [0.2, 0.25) is 0 Å². The molecule has 1 fully saturated rings. The summed E-state index contributed by atoms with van der Waals surface area (Å²) in [6, 6.07) is 9.26. The van der Waals surface area contributed by atoms with Gasteiger partial charge in [-0.3, -0.25) is 4.79 Å². The van der Waals surface area contributed by atoms with Gasteiger partial charge in [-0.2, -0.15) is 0 Å². The van der Waals surface area contributed by atoms with Crippen molar-refractivity contribution in [3.63, 3.8) is 0 Å². The second-order valence-electron chi connectivity index (χ2n) is 4.60. The molecule has 1 aliphatic heterocycles. The lowest BCUT2D eigenvalue weighted by Crippen LogP contribution is -2.56. The Kier molecular flexibility index (Phi) is 3.99. The third kappa shape index (κ3) is 2.54. The fraction of sp³-hybridized carbons (Fsp3) is 0.500. The number of hydrogen-bond acceptors (Lipinski definition) is 3. The minimum atomic E-state index is -0.325. The molecular weight excluding hydrogens is 230 g/mol. The fourth-order valence-corrected chi connectivity index (χ4v) is 2.37. The lowest BCUT2D eigenvalue weighted by atomic mass is 10.1. The summed E-state index contributed by atoms with van der Waals surface area (Å²) in [7, 11) is 1.60. The van der Waals surface area contributed by atoms with Crippen LogP contribution in [0.3, 0.4) is 0 Å². The minimum Gasteiger partial charge on any atom is -0.369 e. The number of rotatable bonds is 2. The first kappa shape index (κ1) is 13.1. The van der Waals surface area contributed by atoms with Gasteiger partial charge in [-0.05, 0) is 26.0 Å². The SMILES string of the molecule is COC1C(C)OC(C)CN1C(=O)c1ccccc1. The van der Waals surface area contributed by atoms with Gasteiger partial charge in [0.25, 0.3) is 5.91 Å². The monoisotopic (exact) mass is 249 g/mol. The molecule has 1 saturated heterocycles. The van der Waals surface area contributed by atoms with E-state index in [9.17, 15) is 4.79 Å². The van der Waals surface area contributed by atoms with Crippen LogP contribution < -0.4 is 0 Å². The summed E-state index contributed by atoms with van der Waals surface area (Å²) >= 11 is 0. The molecule has 1 aliphatic rings. The van der Waals surface area contributed by atoms with E-state index >= 15 is 0 Å². The van der Waals surface area contributed by atoms with E-state index in [0.717, 1.165) is 0 Å². The lowest BCUT2D eigenvalue weighted by molar-refractivity contribution is -0.173. The number of methoxy groups -OCH3 is 1. The van der Waals surface area contributed by atoms with Gasteiger partial charge in [-0.15, -0.1) is 0 Å². The largest absolute Gasteiger partial charge is 0.369 e. The van der Waals surface area contributed by atoms with Gasteiger partial charge in [0.05, 0.1) is 6.10 Å². The highest BCUT2D eigenvalue weighted by Gasteiger charge is 2.36. The quantitative estimate of drug-likeness (QED) is 0.803. The molecule has 4 heteroatoms. The molecule has 1 aromatic carbocycles. The molecule has 2 rings (SSSR count). The van der Waals surface area contributed by atoms with Crippen molar-refractivity contribution in [2.45, 2.75) is 32.3 Å². The average Bonchev–Trinajstić information content (AvgIpc) is 2.38. The van der Waals surface area contributed by atoms with Crippen LogP contribution in [0, 0.1) is 0 Å². The molecule has 0 spiro atoms. The van der Waals surface area contributed by atoms with Crippen LogP contribution in [-0.4, -0.2) is 42.9 Å². The number of hydrogen-bond donors (Lipinski definition) is 0. The maximum Gasteiger partial charge on any atom is 0.256 e. The number of carbonyl (C=O) groups excluding carboxylic acids is 1. The fourth-order valence-electron chi connectivity index (χ4n) is 2.37. The Morgan fingerprint density at radius 1 is 1.33 bits per heavy atom. The van der Waals surface area contributed by atoms with E-state index in [1.807, 2.05) is 44.2 Å². The predicted molar refractivity (Wildman–Crippen MR) is 68.3 cm³/mol. The summed E-state index contributed by atoms with van der Waals surface area (Å²) in [5.41, 5.74) is 0.681. The topological polar surface area (TPSA) is 38.8 Å². The highest BCUT2D eigenvalue weighted by atomic mass is 16.6. The summed E-state index contributed by atoms with van der Waals surface area (Å²) in [5, 5.41) is 0. The summed E-state index contributed by atoms with van der Waals surface area (Å²) < 4.78 is 11.1. The Morgan fingerprint density at radius 2 is 2.00 bits per heavy atom. The van der Waals surface area contributed by atoms with Crippen molar-refractivity contribution < 1.29 is 14.3 Å². The van der Waals surface area contributed by atoms with Crippen molar-refractivity contribution in [1.29, 1.82) is 0 Å². The molecule has 3 atom stereocenters. The molecule has 1 amide bonds. The second-order valence-corrected chi connectivity index (χ2v) is 4.60. The van der Waals surface area contributed by atoms with Crippen LogP contribution >= 0.6 is 0 Å². The van der Waals surface area contributed by atoms with E-state index < -0.39 is 0 Å². The van der Waals surface area contributed by atoms with E-state index in [1.165, 1.54) is 0 Å². The van der Waals surface area contributed by atoms with Gasteiger partial charge < -0.3 is 14.4 Å². The number of nitrogens with zero attached hydrogens (tertiary/aromatic N) is 1. The van der Waals surface area contributed by atoms with Crippen molar-refractivity contribution in [2.75, 3.05) is 13.7 Å². The molecule has 18 heavy (non-hydrogen) atoms. The third-order valence-electron chi connectivity index (χ3n) is 3.13. The molecule has 98 valence electrons. The van der Waals surface area contributed by atoms with Gasteiger partial charge in [0.2, 0.25) is 0 Å². The van der Waals surface area contributed by atoms with Gasteiger partial charge in [0.1, 0.15) is 6.10 Å². The highest BCUT2D eigenvalue weighted by Crippen LogP contribution is 2.21. The van der Waals surface area contributed by atoms with E-state index in [2.05, 4.69) is 0 Å². The summed E-state index contributed by atoms with van der Waals surface area (Å²) in [6.45, 7) is 4.44. The molecule has 0 radical (unpaired) electrons. The lowest BCUT2D eigenvalue weighted by Gasteiger charge is -2.41. The zero-order chi connectivity index (χ0) is 13.1. The van der Waals surface area contributed by atoms with Crippen LogP contribution in [0.5, 0.6) is 0 Å². The van der Waals surface area contributed by atoms with Crippen LogP contribution in [0.1, 0.15) is 24.2 Å². The first-order valence-electron chi connectivity index (χ1n) is 6.17. The van der Waals surface area contributed by atoms with Crippen LogP contribution in [0.4, 0.5) is 0 Å². The highest BCUT2D eigenvalue weighted by molar-refractivity contribution is 5.94. The number of ether oxygens (including phenoxy) is 2. The molecule has 0 saturated carbocycles. The van der Waals surface area contributed by atoms with Crippen molar-refractivity contribution in [1.82, 2.24) is 4.90 Å². The number of benzene rings is 1. The molecule has 3 unspecified atom stereocenters. The maximum absolute atomic E-state index is 12.5. The zero-order valence-corrected chi connectivity index (χ0v) is 11.0. The summed E-state index contributed by atoms with van der Waals surface area (Å²) in [4.78, 5) is 14.2. The summed E-state index contributed by atoms with van der Waals surface area (Å²) in [5.74, 6) is -0.00977. The normalized spacial score (nSPS) is 28.2. The smallest absolute Gasteiger partial charge is 0.256 e. The Balaban J connectivity index is 2.21. The Morgan fingerprint density at radius 3 is 2.61 bits per heavy atom. The van der Waals surface area contributed by atoms with Crippen LogP contribution in [0.15, 0.2) is 30.3 Å². The molecule has 0 aromatic heterocycles. The molecule has 1 heterocycles. The Labute approximate surface area is 107 Å². The van der Waals surface area contributed by atoms with Gasteiger partial charge in [-0.1, -0.05) is 18.2 Å².